The lowest BCUT2D eigenvalue weighted by molar-refractivity contribution is -0.151. The van der Waals surface area contributed by atoms with Crippen molar-refractivity contribution in [2.75, 3.05) is 81.8 Å². The van der Waals surface area contributed by atoms with Gasteiger partial charge in [-0.05, 0) is 91.9 Å². The normalized spacial score (nSPS) is 19.4. The second kappa shape index (κ2) is 28.6. The van der Waals surface area contributed by atoms with Gasteiger partial charge in [0.1, 0.15) is 49.0 Å². The fourth-order valence-corrected chi connectivity index (χ4v) is 10.8. The summed E-state index contributed by atoms with van der Waals surface area (Å²) in [5, 5.41) is 23.8. The Morgan fingerprint density at radius 3 is 2.37 bits per heavy atom. The van der Waals surface area contributed by atoms with Gasteiger partial charge in [0.15, 0.2) is 11.4 Å². The van der Waals surface area contributed by atoms with E-state index >= 15 is 0 Å². The lowest BCUT2D eigenvalue weighted by atomic mass is 9.85. The van der Waals surface area contributed by atoms with Gasteiger partial charge in [-0.2, -0.15) is 5.10 Å². The summed E-state index contributed by atoms with van der Waals surface area (Å²) >= 11 is 0. The maximum Gasteiger partial charge on any atom is 0.323 e. The Bertz CT molecular complexity index is 3490. The lowest BCUT2D eigenvalue weighted by Gasteiger charge is -2.35. The van der Waals surface area contributed by atoms with Crippen LogP contribution in [-0.2, 0) is 54.3 Å². The number of pyridine rings is 1. The molecule has 3 saturated heterocycles. The summed E-state index contributed by atoms with van der Waals surface area (Å²) in [6.45, 7) is 7.11. The minimum absolute atomic E-state index is 0.0100. The maximum atomic E-state index is 14.6. The molecule has 5 atom stereocenters. The van der Waals surface area contributed by atoms with Crippen LogP contribution in [0, 0.1) is 11.3 Å². The number of halogens is 2. The molecule has 90 heavy (non-hydrogen) atoms. The van der Waals surface area contributed by atoms with E-state index in [0.717, 1.165) is 37.0 Å². The summed E-state index contributed by atoms with van der Waals surface area (Å²) < 4.78 is 58.2. The number of esters is 1. The van der Waals surface area contributed by atoms with Crippen molar-refractivity contribution in [3.05, 3.63) is 101 Å². The highest BCUT2D eigenvalue weighted by Gasteiger charge is 2.48. The van der Waals surface area contributed by atoms with Crippen LogP contribution in [0.1, 0.15) is 115 Å². The van der Waals surface area contributed by atoms with Crippen LogP contribution in [0.4, 0.5) is 26.0 Å². The number of hydrogen-bond acceptors (Lipinski definition) is 20. The van der Waals surface area contributed by atoms with Crippen LogP contribution in [-0.4, -0.2) is 179 Å². The van der Waals surface area contributed by atoms with Crippen molar-refractivity contribution in [3.8, 4) is 17.1 Å². The molecule has 4 fully saturated rings. The topological polar surface area (TPSA) is 338 Å². The first-order valence-electron chi connectivity index (χ1n) is 29.9. The van der Waals surface area contributed by atoms with Crippen molar-refractivity contribution in [3.63, 3.8) is 0 Å². The number of nitrogens with zero attached hydrogens (tertiary/aromatic N) is 6. The summed E-state index contributed by atoms with van der Waals surface area (Å²) in [4.78, 5) is 130. The monoisotopic (exact) mass is 1250 g/mol. The molecule has 10 rings (SSSR count). The number of piperidine rings is 1. The van der Waals surface area contributed by atoms with Crippen LogP contribution in [0.25, 0.3) is 17.1 Å². The Hall–Kier alpha value is -9.06. The van der Waals surface area contributed by atoms with E-state index in [9.17, 15) is 51.9 Å². The number of fused-ring (bicyclic) bond motifs is 1. The Kier molecular flexibility index (Phi) is 20.3. The van der Waals surface area contributed by atoms with Crippen LogP contribution < -0.4 is 37.2 Å². The second-order valence-electron chi connectivity index (χ2n) is 23.5. The highest BCUT2D eigenvalue weighted by atomic mass is 19.3. The standard InChI is InChI=1S/C61H71F2N13O14/c1-61(2,3)51(71-48(78)33-88-25-24-87-23-22-86-21-20-65-40-7-4-6-39-49(40)58(83)76(57(39)82)44-15-16-47(77)72-55(44)81)59(84)74-30-38(90-60(85)41-8-5-18-64-41)27-45(74)54(80)68-29-35-11-13-37(14-12-35)75-31-42(50(73-75)52(62)63)69-53(79)43-32-89-56(70-43)36-17-19-66-46(26-36)67-28-34-9-10-34/h4,6-7,11-14,17,19,26,31-32,34,38,41,44-45,51-52,64-65H,5,8-10,15-16,18,20-25,27-30,33H2,1-3H3,(H,66,67)(H,68,80)(H,69,79)(H,71,78)(H,72,77,81)/t38-,41+,44?,45+,51-/m1/s1. The van der Waals surface area contributed by atoms with Crippen LogP contribution in [0.15, 0.2) is 77.7 Å². The van der Waals surface area contributed by atoms with Gasteiger partial charge >= 0.3 is 5.97 Å². The van der Waals surface area contributed by atoms with Crippen LogP contribution >= 0.6 is 0 Å². The van der Waals surface area contributed by atoms with Crippen molar-refractivity contribution in [1.82, 2.24) is 50.8 Å². The molecule has 1 aliphatic carbocycles. The molecule has 5 aliphatic rings. The third-order valence-electron chi connectivity index (χ3n) is 15.8. The number of hydrogen-bond donors (Lipinski definition) is 7. The Balaban J connectivity index is 0.679. The van der Waals surface area contributed by atoms with Gasteiger partial charge in [0.05, 0.1) is 68.3 Å². The number of carbonyl (C=O) groups is 9. The molecule has 8 amide bonds. The summed E-state index contributed by atoms with van der Waals surface area (Å²) in [5.74, 6) is -4.05. The van der Waals surface area contributed by atoms with Crippen molar-refractivity contribution in [1.29, 1.82) is 0 Å². The Labute approximate surface area is 515 Å². The van der Waals surface area contributed by atoms with E-state index < -0.39 is 108 Å². The van der Waals surface area contributed by atoms with Gasteiger partial charge in [0.25, 0.3) is 24.1 Å². The number of rotatable bonds is 28. The molecule has 3 aromatic heterocycles. The van der Waals surface area contributed by atoms with Crippen molar-refractivity contribution in [2.24, 2.45) is 11.3 Å². The number of likely N-dealkylation sites (tertiary alicyclic amines) is 1. The fourth-order valence-electron chi connectivity index (χ4n) is 10.8. The third-order valence-corrected chi connectivity index (χ3v) is 15.8. The third kappa shape index (κ3) is 15.7. The number of anilines is 3. The number of amides is 8. The molecule has 1 unspecified atom stereocenters. The molecule has 4 aliphatic heterocycles. The van der Waals surface area contributed by atoms with Gasteiger partial charge in [0.2, 0.25) is 35.4 Å². The van der Waals surface area contributed by atoms with Crippen LogP contribution in [0.5, 0.6) is 0 Å². The minimum atomic E-state index is -3.06. The molecular formula is C61H71F2N13O14. The van der Waals surface area contributed by atoms with E-state index in [2.05, 4.69) is 52.3 Å². The molecule has 0 radical (unpaired) electrons. The lowest BCUT2D eigenvalue weighted by Crippen LogP contribution is -2.58. The van der Waals surface area contributed by atoms with Gasteiger partial charge < -0.3 is 60.2 Å². The van der Waals surface area contributed by atoms with Gasteiger partial charge in [0, 0.05) is 49.9 Å². The molecule has 2 aromatic carbocycles. The largest absolute Gasteiger partial charge is 0.459 e. The molecule has 7 N–H and O–H groups in total. The molecule has 1 saturated carbocycles. The second-order valence-corrected chi connectivity index (χ2v) is 23.5. The molecule has 0 bridgehead atoms. The number of imide groups is 2. The number of carbonyl (C=O) groups excluding carboxylic acids is 9. The number of ether oxygens (including phenoxy) is 4. The van der Waals surface area contributed by atoms with Gasteiger partial charge in [-0.3, -0.25) is 53.4 Å². The molecule has 27 nitrogen and oxygen atoms in total. The first-order chi connectivity index (χ1) is 43.3. The number of oxazole rings is 1. The predicted octanol–water partition coefficient (Wildman–Crippen LogP) is 3.91. The zero-order valence-corrected chi connectivity index (χ0v) is 49.9. The Morgan fingerprint density at radius 1 is 0.878 bits per heavy atom. The van der Waals surface area contributed by atoms with Gasteiger partial charge in [-0.1, -0.05) is 39.0 Å². The van der Waals surface area contributed by atoms with E-state index in [4.69, 9.17) is 23.4 Å². The first-order valence-corrected chi connectivity index (χ1v) is 29.9. The first kappa shape index (κ1) is 63.9. The van der Waals surface area contributed by atoms with E-state index in [-0.39, 0.29) is 100 Å². The molecule has 478 valence electrons. The molecular weight excluding hydrogens is 1180 g/mol. The number of alkyl halides is 2. The van der Waals surface area contributed by atoms with Crippen LogP contribution in [0.3, 0.4) is 0 Å². The quantitative estimate of drug-likeness (QED) is 0.0212. The smallest absolute Gasteiger partial charge is 0.323 e. The summed E-state index contributed by atoms with van der Waals surface area (Å²) in [7, 11) is 0. The average Bonchev–Trinajstić information content (AvgIpc) is 1.63. The van der Waals surface area contributed by atoms with Crippen LogP contribution in [0.2, 0.25) is 0 Å². The van der Waals surface area contributed by atoms with Crippen molar-refractivity contribution < 1.29 is 75.3 Å². The average molecular weight is 1250 g/mol. The van der Waals surface area contributed by atoms with Crippen molar-refractivity contribution >= 4 is 70.4 Å². The zero-order valence-electron chi connectivity index (χ0n) is 49.9. The SMILES string of the molecule is CC(C)(C)[C@H](NC(=O)COCCOCCOCCNc1cccc2c1C(=O)N(C1CCC(=O)NC1=O)C2=O)C(=O)N1C[C@H](OC(=O)[C@@H]2CCCN2)C[C@H]1C(=O)NCc1ccc(-n2cc(NC(=O)c3coc(-c4ccnc(NCC5CC5)c4)n3)c(C(F)F)n2)cc1. The highest BCUT2D eigenvalue weighted by Crippen LogP contribution is 2.34. The minimum Gasteiger partial charge on any atom is -0.459 e. The number of nitrogens with one attached hydrogen (secondary N) is 7. The van der Waals surface area contributed by atoms with E-state index in [0.29, 0.717) is 47.2 Å². The summed E-state index contributed by atoms with van der Waals surface area (Å²) in [6, 6.07) is 10.8. The fraction of sp³-hybridized carbons (Fsp3) is 0.475. The molecule has 7 heterocycles. The summed E-state index contributed by atoms with van der Waals surface area (Å²) in [5.41, 5.74) is 0.238. The maximum absolute atomic E-state index is 14.6. The zero-order chi connectivity index (χ0) is 63.6. The Morgan fingerprint density at radius 2 is 1.64 bits per heavy atom. The number of benzene rings is 2. The van der Waals surface area contributed by atoms with E-state index in [1.54, 1.807) is 75.5 Å². The summed E-state index contributed by atoms with van der Waals surface area (Å²) in [6.07, 6.45) is 3.78. The van der Waals surface area contributed by atoms with Crippen molar-refractivity contribution in [2.45, 2.75) is 109 Å². The molecule has 29 heteroatoms. The molecule has 5 aromatic rings. The van der Waals surface area contributed by atoms with E-state index in [1.807, 2.05) is 0 Å². The van der Waals surface area contributed by atoms with Gasteiger partial charge in [-0.15, -0.1) is 0 Å². The predicted molar refractivity (Wildman–Crippen MR) is 316 cm³/mol. The number of aromatic nitrogens is 4. The van der Waals surface area contributed by atoms with E-state index in [1.165, 1.54) is 21.8 Å². The molecule has 0 spiro atoms. The van der Waals surface area contributed by atoms with Gasteiger partial charge in [-0.25, -0.2) is 23.4 Å². The highest BCUT2D eigenvalue weighted by molar-refractivity contribution is 6.25.